The van der Waals surface area contributed by atoms with Gasteiger partial charge in [0.1, 0.15) is 5.75 Å². The van der Waals surface area contributed by atoms with Crippen LogP contribution in [0.5, 0.6) is 5.75 Å². The van der Waals surface area contributed by atoms with Crippen molar-refractivity contribution in [2.24, 2.45) is 5.92 Å². The molecule has 4 heteroatoms. The van der Waals surface area contributed by atoms with Gasteiger partial charge < -0.3 is 15.8 Å². The molecule has 0 saturated heterocycles. The number of hydrogen-bond acceptors (Lipinski definition) is 3. The molecule has 4 nitrogen and oxygen atoms in total. The molecule has 3 N–H and O–H groups in total. The number of amides is 1. The Bertz CT molecular complexity index is 468. The summed E-state index contributed by atoms with van der Waals surface area (Å²) >= 11 is 0. The highest BCUT2D eigenvalue weighted by Gasteiger charge is 2.14. The van der Waals surface area contributed by atoms with Gasteiger partial charge in [0.25, 0.3) is 5.91 Å². The van der Waals surface area contributed by atoms with Crippen molar-refractivity contribution < 1.29 is 9.53 Å². The molecule has 0 atom stereocenters. The lowest BCUT2D eigenvalue weighted by molar-refractivity contribution is 0.0952. The maximum atomic E-state index is 12.1. The molecule has 2 rings (SSSR count). The molecule has 1 amide bonds. The second-order valence-corrected chi connectivity index (χ2v) is 5.77. The van der Waals surface area contributed by atoms with Crippen molar-refractivity contribution in [2.45, 2.75) is 45.4 Å². The lowest BCUT2D eigenvalue weighted by Gasteiger charge is -2.11. The van der Waals surface area contributed by atoms with Gasteiger partial charge in [-0.3, -0.25) is 4.79 Å². The lowest BCUT2D eigenvalue weighted by atomic mass is 10.0. The van der Waals surface area contributed by atoms with Gasteiger partial charge in [0.05, 0.1) is 6.61 Å². The summed E-state index contributed by atoms with van der Waals surface area (Å²) in [5.74, 6) is 1.45. The Labute approximate surface area is 127 Å². The van der Waals surface area contributed by atoms with Crippen molar-refractivity contribution in [3.63, 3.8) is 0 Å². The van der Waals surface area contributed by atoms with E-state index in [-0.39, 0.29) is 5.91 Å². The maximum Gasteiger partial charge on any atom is 0.251 e. The van der Waals surface area contributed by atoms with Crippen molar-refractivity contribution in [2.75, 3.05) is 18.9 Å². The molecule has 0 unspecified atom stereocenters. The molecule has 1 aliphatic rings. The molecule has 0 aliphatic heterocycles. The van der Waals surface area contributed by atoms with Crippen LogP contribution < -0.4 is 15.8 Å². The molecule has 0 aromatic heterocycles. The third-order valence-corrected chi connectivity index (χ3v) is 4.05. The summed E-state index contributed by atoms with van der Waals surface area (Å²) in [7, 11) is 0. The highest BCUT2D eigenvalue weighted by atomic mass is 16.5. The predicted molar refractivity (Wildman–Crippen MR) is 85.5 cm³/mol. The molecule has 1 aromatic rings. The van der Waals surface area contributed by atoms with Crippen LogP contribution in [0.1, 0.15) is 55.8 Å². The molecular formula is C17H26N2O2. The van der Waals surface area contributed by atoms with Gasteiger partial charge in [-0.25, -0.2) is 0 Å². The van der Waals surface area contributed by atoms with Gasteiger partial charge in [0.15, 0.2) is 0 Å². The van der Waals surface area contributed by atoms with Crippen LogP contribution in [-0.2, 0) is 0 Å². The van der Waals surface area contributed by atoms with Crippen LogP contribution >= 0.6 is 0 Å². The zero-order valence-electron chi connectivity index (χ0n) is 12.9. The number of rotatable bonds is 7. The first-order chi connectivity index (χ1) is 10.2. The average Bonchev–Trinajstić information content (AvgIpc) is 2.96. The Morgan fingerprint density at radius 1 is 1.33 bits per heavy atom. The van der Waals surface area contributed by atoms with Crippen LogP contribution in [0.2, 0.25) is 0 Å². The highest BCUT2D eigenvalue weighted by Crippen LogP contribution is 2.28. The summed E-state index contributed by atoms with van der Waals surface area (Å²) in [5, 5.41) is 2.97. The van der Waals surface area contributed by atoms with Crippen molar-refractivity contribution in [3.05, 3.63) is 23.8 Å². The molecule has 1 aromatic carbocycles. The first kappa shape index (κ1) is 15.7. The van der Waals surface area contributed by atoms with Gasteiger partial charge >= 0.3 is 0 Å². The highest BCUT2D eigenvalue weighted by molar-refractivity contribution is 5.95. The van der Waals surface area contributed by atoms with E-state index in [0.717, 1.165) is 18.9 Å². The second-order valence-electron chi connectivity index (χ2n) is 5.77. The van der Waals surface area contributed by atoms with E-state index in [1.165, 1.54) is 32.1 Å². The quantitative estimate of drug-likeness (QED) is 0.598. The topological polar surface area (TPSA) is 64.3 Å². The summed E-state index contributed by atoms with van der Waals surface area (Å²) in [6.45, 7) is 3.20. The minimum atomic E-state index is -0.0744. The Kier molecular flexibility index (Phi) is 5.90. The van der Waals surface area contributed by atoms with E-state index in [0.29, 0.717) is 23.6 Å². The van der Waals surface area contributed by atoms with E-state index in [2.05, 4.69) is 5.32 Å². The molecule has 0 radical (unpaired) electrons. The minimum Gasteiger partial charge on any atom is -0.494 e. The van der Waals surface area contributed by atoms with E-state index in [1.54, 1.807) is 18.2 Å². The maximum absolute atomic E-state index is 12.1. The summed E-state index contributed by atoms with van der Waals surface area (Å²) < 4.78 is 5.41. The van der Waals surface area contributed by atoms with Gasteiger partial charge in [-0.05, 0) is 37.8 Å². The van der Waals surface area contributed by atoms with E-state index in [9.17, 15) is 4.79 Å². The Hall–Kier alpha value is -1.71. The molecule has 0 bridgehead atoms. The monoisotopic (exact) mass is 290 g/mol. The third kappa shape index (κ3) is 4.96. The van der Waals surface area contributed by atoms with E-state index in [4.69, 9.17) is 10.5 Å². The van der Waals surface area contributed by atoms with Gasteiger partial charge in [0, 0.05) is 23.9 Å². The SMILES string of the molecule is CCOc1cc(N)cc(C(=O)NCCCC2CCCC2)c1. The van der Waals surface area contributed by atoms with Crippen LogP contribution in [0, 0.1) is 5.92 Å². The lowest BCUT2D eigenvalue weighted by Crippen LogP contribution is -2.25. The van der Waals surface area contributed by atoms with E-state index in [1.807, 2.05) is 6.92 Å². The van der Waals surface area contributed by atoms with Gasteiger partial charge in [-0.2, -0.15) is 0 Å². The smallest absolute Gasteiger partial charge is 0.251 e. The molecule has 21 heavy (non-hydrogen) atoms. The zero-order valence-corrected chi connectivity index (χ0v) is 12.9. The van der Waals surface area contributed by atoms with E-state index >= 15 is 0 Å². The summed E-state index contributed by atoms with van der Waals surface area (Å²) in [5.41, 5.74) is 6.93. The Morgan fingerprint density at radius 2 is 2.10 bits per heavy atom. The fourth-order valence-corrected chi connectivity index (χ4v) is 3.00. The molecule has 1 aliphatic carbocycles. The minimum absolute atomic E-state index is 0.0744. The van der Waals surface area contributed by atoms with Crippen molar-refractivity contribution in [3.8, 4) is 5.75 Å². The van der Waals surface area contributed by atoms with Crippen molar-refractivity contribution in [1.82, 2.24) is 5.32 Å². The number of nitrogens with two attached hydrogens (primary N) is 1. The first-order valence-corrected chi connectivity index (χ1v) is 8.00. The number of benzene rings is 1. The molecule has 116 valence electrons. The van der Waals surface area contributed by atoms with Crippen LogP contribution in [0.15, 0.2) is 18.2 Å². The fraction of sp³-hybridized carbons (Fsp3) is 0.588. The Balaban J connectivity index is 1.79. The van der Waals surface area contributed by atoms with Gasteiger partial charge in [-0.15, -0.1) is 0 Å². The number of anilines is 1. The van der Waals surface area contributed by atoms with Crippen molar-refractivity contribution in [1.29, 1.82) is 0 Å². The molecule has 0 spiro atoms. The number of nitrogens with one attached hydrogen (secondary N) is 1. The van der Waals surface area contributed by atoms with Gasteiger partial charge in [0.2, 0.25) is 0 Å². The van der Waals surface area contributed by atoms with Crippen molar-refractivity contribution >= 4 is 11.6 Å². The summed E-state index contributed by atoms with van der Waals surface area (Å²) in [4.78, 5) is 12.1. The van der Waals surface area contributed by atoms with E-state index < -0.39 is 0 Å². The molecule has 1 fully saturated rings. The number of nitrogen functional groups attached to an aromatic ring is 1. The molecule has 0 heterocycles. The second kappa shape index (κ2) is 7.91. The summed E-state index contributed by atoms with van der Waals surface area (Å²) in [6, 6.07) is 5.17. The van der Waals surface area contributed by atoms with Crippen LogP contribution in [-0.4, -0.2) is 19.1 Å². The molecule has 1 saturated carbocycles. The molecular weight excluding hydrogens is 264 g/mol. The fourth-order valence-electron chi connectivity index (χ4n) is 3.00. The summed E-state index contributed by atoms with van der Waals surface area (Å²) in [6.07, 6.45) is 7.75. The normalized spacial score (nSPS) is 15.1. The standard InChI is InChI=1S/C17H26N2O2/c1-2-21-16-11-14(10-15(18)12-16)17(20)19-9-5-8-13-6-3-4-7-13/h10-13H,2-9,18H2,1H3,(H,19,20). The Morgan fingerprint density at radius 3 is 2.81 bits per heavy atom. The zero-order chi connectivity index (χ0) is 15.1. The van der Waals surface area contributed by atoms with Crippen LogP contribution in [0.4, 0.5) is 5.69 Å². The number of carbonyl (C=O) groups excluding carboxylic acids is 1. The largest absolute Gasteiger partial charge is 0.494 e. The number of carbonyl (C=O) groups is 1. The number of hydrogen-bond donors (Lipinski definition) is 2. The van der Waals surface area contributed by atoms with Gasteiger partial charge in [-0.1, -0.05) is 25.7 Å². The average molecular weight is 290 g/mol. The number of ether oxygens (including phenoxy) is 1. The first-order valence-electron chi connectivity index (χ1n) is 8.00. The van der Waals surface area contributed by atoms with Crippen LogP contribution in [0.3, 0.4) is 0 Å². The predicted octanol–water partition coefficient (Wildman–Crippen LogP) is 3.37. The van der Waals surface area contributed by atoms with Crippen LogP contribution in [0.25, 0.3) is 0 Å². The third-order valence-electron chi connectivity index (χ3n) is 4.05.